The summed E-state index contributed by atoms with van der Waals surface area (Å²) >= 11 is 0. The van der Waals surface area contributed by atoms with Gasteiger partial charge in [0.1, 0.15) is 30.5 Å². The highest BCUT2D eigenvalue weighted by Gasteiger charge is 2.56. The molecule has 8 heteroatoms. The highest BCUT2D eigenvalue weighted by Crippen LogP contribution is 2.39. The molecule has 8 nitrogen and oxygen atoms in total. The summed E-state index contributed by atoms with van der Waals surface area (Å²) in [7, 11) is 1.34. The van der Waals surface area contributed by atoms with Crippen LogP contribution in [0.4, 0.5) is 0 Å². The van der Waals surface area contributed by atoms with Crippen LogP contribution in [0.5, 0.6) is 0 Å². The van der Waals surface area contributed by atoms with Gasteiger partial charge in [0.05, 0.1) is 38.4 Å². The van der Waals surface area contributed by atoms with Gasteiger partial charge in [-0.2, -0.15) is 0 Å². The summed E-state index contributed by atoms with van der Waals surface area (Å²) in [6.45, 7) is 0.923. The van der Waals surface area contributed by atoms with Crippen molar-refractivity contribution in [1.29, 1.82) is 0 Å². The Hall–Kier alpha value is -1.55. The summed E-state index contributed by atoms with van der Waals surface area (Å²) in [5.41, 5.74) is 1.08. The van der Waals surface area contributed by atoms with Crippen LogP contribution in [0.2, 0.25) is 0 Å². The molecule has 30 heavy (non-hydrogen) atoms. The van der Waals surface area contributed by atoms with Crippen molar-refractivity contribution in [2.75, 3.05) is 13.7 Å². The first-order chi connectivity index (χ1) is 14.6. The highest BCUT2D eigenvalue weighted by atomic mass is 16.6. The lowest BCUT2D eigenvalue weighted by Crippen LogP contribution is -2.61. The van der Waals surface area contributed by atoms with E-state index in [0.717, 1.165) is 5.56 Å². The van der Waals surface area contributed by atoms with Gasteiger partial charge in [-0.1, -0.05) is 30.3 Å². The third kappa shape index (κ3) is 4.69. The average molecular weight is 422 g/mol. The second-order valence-electron chi connectivity index (χ2n) is 8.17. The Morgan fingerprint density at radius 1 is 1.03 bits per heavy atom. The first kappa shape index (κ1) is 21.7. The van der Waals surface area contributed by atoms with E-state index in [0.29, 0.717) is 32.5 Å². The van der Waals surface area contributed by atoms with Gasteiger partial charge in [0, 0.05) is 6.61 Å². The maximum absolute atomic E-state index is 11.5. The average Bonchev–Trinajstić information content (AvgIpc) is 3.08. The summed E-state index contributed by atoms with van der Waals surface area (Å²) < 4.78 is 28.4. The van der Waals surface area contributed by atoms with Crippen LogP contribution in [0.3, 0.4) is 0 Å². The molecule has 3 saturated heterocycles. The van der Waals surface area contributed by atoms with Crippen LogP contribution in [-0.4, -0.2) is 78.7 Å². The molecule has 1 aromatic rings. The fourth-order valence-electron chi connectivity index (χ4n) is 4.55. The molecule has 0 radical (unpaired) electrons. The van der Waals surface area contributed by atoms with Crippen molar-refractivity contribution in [3.63, 3.8) is 0 Å². The zero-order valence-electron chi connectivity index (χ0n) is 17.1. The minimum absolute atomic E-state index is 0.144. The maximum Gasteiger partial charge on any atom is 0.308 e. The minimum Gasteiger partial charge on any atom is -0.469 e. The van der Waals surface area contributed by atoms with Gasteiger partial charge in [0.15, 0.2) is 0 Å². The molecule has 3 fully saturated rings. The van der Waals surface area contributed by atoms with E-state index in [-0.39, 0.29) is 24.6 Å². The van der Waals surface area contributed by atoms with E-state index in [4.69, 9.17) is 23.7 Å². The Morgan fingerprint density at radius 3 is 2.57 bits per heavy atom. The predicted molar refractivity (Wildman–Crippen MR) is 105 cm³/mol. The number of esters is 1. The Morgan fingerprint density at radius 2 is 1.80 bits per heavy atom. The summed E-state index contributed by atoms with van der Waals surface area (Å²) in [6.07, 6.45) is -2.83. The van der Waals surface area contributed by atoms with Crippen molar-refractivity contribution in [2.45, 2.75) is 81.1 Å². The van der Waals surface area contributed by atoms with Crippen molar-refractivity contribution in [3.8, 4) is 0 Å². The molecule has 166 valence electrons. The number of fused-ring (bicyclic) bond motifs is 2. The van der Waals surface area contributed by atoms with E-state index in [1.165, 1.54) is 7.11 Å². The fraction of sp³-hybridized carbons (Fsp3) is 0.682. The number of aliphatic hydroxyl groups is 2. The number of aliphatic hydroxyl groups excluding tert-OH is 2. The van der Waals surface area contributed by atoms with Crippen molar-refractivity contribution in [3.05, 3.63) is 35.9 Å². The Balaban J connectivity index is 1.29. The van der Waals surface area contributed by atoms with Crippen LogP contribution in [0, 0.1) is 0 Å². The number of rotatable bonds is 7. The van der Waals surface area contributed by atoms with E-state index in [9.17, 15) is 15.0 Å². The molecule has 8 atom stereocenters. The first-order valence-electron chi connectivity index (χ1n) is 10.6. The zero-order chi connectivity index (χ0) is 21.1. The lowest BCUT2D eigenvalue weighted by molar-refractivity contribution is -0.259. The monoisotopic (exact) mass is 422 g/mol. The highest BCUT2D eigenvalue weighted by molar-refractivity contribution is 5.69. The van der Waals surface area contributed by atoms with E-state index < -0.39 is 36.6 Å². The largest absolute Gasteiger partial charge is 0.469 e. The number of hydrogen-bond acceptors (Lipinski definition) is 8. The third-order valence-corrected chi connectivity index (χ3v) is 6.15. The quantitative estimate of drug-likeness (QED) is 0.495. The van der Waals surface area contributed by atoms with E-state index in [1.54, 1.807) is 0 Å². The number of benzene rings is 1. The second-order valence-corrected chi connectivity index (χ2v) is 8.17. The van der Waals surface area contributed by atoms with Gasteiger partial charge in [-0.05, 0) is 24.8 Å². The topological polar surface area (TPSA) is 104 Å². The molecule has 3 heterocycles. The van der Waals surface area contributed by atoms with Crippen molar-refractivity contribution >= 4 is 5.97 Å². The van der Waals surface area contributed by atoms with Crippen molar-refractivity contribution in [2.24, 2.45) is 0 Å². The zero-order valence-corrected chi connectivity index (χ0v) is 17.1. The third-order valence-electron chi connectivity index (χ3n) is 6.15. The van der Waals surface area contributed by atoms with Crippen LogP contribution in [0.15, 0.2) is 30.3 Å². The molecule has 0 aliphatic carbocycles. The SMILES string of the molecule is COC(=O)C[C@H]1CC[C@@H]2O[C@H]3[C@@H](O)[C@@H](CCOCc4ccccc4)O[C@H]3[C@@H](O)[C@H]2O1. The van der Waals surface area contributed by atoms with Gasteiger partial charge in [-0.3, -0.25) is 4.79 Å². The van der Waals surface area contributed by atoms with Crippen LogP contribution < -0.4 is 0 Å². The molecular formula is C22H30O8. The van der Waals surface area contributed by atoms with Gasteiger partial charge >= 0.3 is 5.97 Å². The first-order valence-corrected chi connectivity index (χ1v) is 10.6. The lowest BCUT2D eigenvalue weighted by Gasteiger charge is -2.46. The summed E-state index contributed by atoms with van der Waals surface area (Å²) in [4.78, 5) is 11.5. The number of methoxy groups -OCH3 is 1. The molecule has 1 aromatic carbocycles. The van der Waals surface area contributed by atoms with Crippen LogP contribution in [0.1, 0.15) is 31.2 Å². The molecular weight excluding hydrogens is 392 g/mol. The van der Waals surface area contributed by atoms with E-state index >= 15 is 0 Å². The molecule has 0 spiro atoms. The molecule has 0 amide bonds. The molecule has 0 bridgehead atoms. The molecule has 4 rings (SSSR count). The van der Waals surface area contributed by atoms with Crippen LogP contribution in [-0.2, 0) is 35.1 Å². The van der Waals surface area contributed by atoms with Crippen molar-refractivity contribution < 1.29 is 38.7 Å². The standard InChI is InChI=1S/C22H30O8/c1-26-17(23)11-14-7-8-16-20(28-14)19(25)22-21(30-16)18(24)15(29-22)9-10-27-12-13-5-3-2-4-6-13/h2-6,14-16,18-22,24-25H,7-12H2,1H3/t14-,15-,16+,18+,19+,20+,21+,22+/m1/s1. The molecule has 0 unspecified atom stereocenters. The van der Waals surface area contributed by atoms with Gasteiger partial charge in [-0.25, -0.2) is 0 Å². The second kappa shape index (κ2) is 9.72. The lowest BCUT2D eigenvalue weighted by atomic mass is 9.88. The van der Waals surface area contributed by atoms with E-state index in [2.05, 4.69) is 0 Å². The van der Waals surface area contributed by atoms with E-state index in [1.807, 2.05) is 30.3 Å². The van der Waals surface area contributed by atoms with Crippen molar-refractivity contribution in [1.82, 2.24) is 0 Å². The number of hydrogen-bond donors (Lipinski definition) is 2. The molecule has 0 aromatic heterocycles. The molecule has 2 N–H and O–H groups in total. The number of ether oxygens (including phenoxy) is 5. The van der Waals surface area contributed by atoms with Gasteiger partial charge < -0.3 is 33.9 Å². The normalized spacial score (nSPS) is 38.0. The van der Waals surface area contributed by atoms with Crippen LogP contribution in [0.25, 0.3) is 0 Å². The fourth-order valence-corrected chi connectivity index (χ4v) is 4.55. The molecule has 0 saturated carbocycles. The summed E-state index contributed by atoms with van der Waals surface area (Å²) in [6, 6.07) is 9.87. The Kier molecular flexibility index (Phi) is 7.02. The maximum atomic E-state index is 11.5. The van der Waals surface area contributed by atoms with Gasteiger partial charge in [0.25, 0.3) is 0 Å². The Labute approximate surface area is 176 Å². The summed E-state index contributed by atoms with van der Waals surface area (Å²) in [5.74, 6) is -0.342. The smallest absolute Gasteiger partial charge is 0.308 e. The summed E-state index contributed by atoms with van der Waals surface area (Å²) in [5, 5.41) is 21.5. The molecule has 3 aliphatic rings. The Bertz CT molecular complexity index is 698. The minimum atomic E-state index is -0.931. The number of carbonyl (C=O) groups is 1. The van der Waals surface area contributed by atoms with Gasteiger partial charge in [0.2, 0.25) is 0 Å². The van der Waals surface area contributed by atoms with Gasteiger partial charge in [-0.15, -0.1) is 0 Å². The predicted octanol–water partition coefficient (Wildman–Crippen LogP) is 0.961. The number of carbonyl (C=O) groups excluding carboxylic acids is 1. The molecule has 3 aliphatic heterocycles. The van der Waals surface area contributed by atoms with Crippen LogP contribution >= 0.6 is 0 Å².